The number of phenolic OH excluding ortho intramolecular Hbond substituents is 1. The van der Waals surface area contributed by atoms with Crippen molar-refractivity contribution in [3.05, 3.63) is 71.2 Å². The molecule has 1 saturated heterocycles. The lowest BCUT2D eigenvalue weighted by Gasteiger charge is -2.42. The molecule has 1 aliphatic rings. The zero-order chi connectivity index (χ0) is 35.7. The Morgan fingerprint density at radius 3 is 2.41 bits per heavy atom. The number of nitrogens with zero attached hydrogens (tertiary/aromatic N) is 3. The second kappa shape index (κ2) is 14.4. The Balaban J connectivity index is 1.58. The molecule has 2 aromatic carbocycles. The highest BCUT2D eigenvalue weighted by Crippen LogP contribution is 2.41. The van der Waals surface area contributed by atoms with Crippen molar-refractivity contribution in [3.63, 3.8) is 0 Å². The standard InChI is InChI=1S/C38H48FN3O7/c1-23(43)22-47-17-18-48-38(7)13-15-41(16-14-38)35-32(33(36(45)46)49-37(4,5)6)24(2)25(3)34-40-30(21-42(34)35)27-10-8-9-26(19-27)29-20-28(39)11-12-31(29)44/h8-12,19-21,23,33,43-44H,13-18,22H2,1-7H3,(H,45,46)/t23-,33+/m1/s1. The first kappa shape index (κ1) is 36.3. The SMILES string of the molecule is Cc1c([C@H](OC(C)(C)C)C(=O)O)c(N2CCC(C)(OCCOC[C@@H](C)O)CC2)n2cc(-c3cccc(-c4cc(F)ccc4O)c3)nc2c1C. The zero-order valence-electron chi connectivity index (χ0n) is 29.4. The Labute approximate surface area is 287 Å². The maximum absolute atomic E-state index is 14.1. The predicted molar refractivity (Wildman–Crippen MR) is 187 cm³/mol. The number of aliphatic hydroxyl groups excluding tert-OH is 1. The van der Waals surface area contributed by atoms with Gasteiger partial charge in [0.1, 0.15) is 23.0 Å². The summed E-state index contributed by atoms with van der Waals surface area (Å²) in [5.74, 6) is -0.857. The van der Waals surface area contributed by atoms with Crippen LogP contribution in [0.15, 0.2) is 48.7 Å². The number of hydrogen-bond donors (Lipinski definition) is 3. The number of piperidine rings is 1. The van der Waals surface area contributed by atoms with E-state index in [0.717, 1.165) is 16.7 Å². The quantitative estimate of drug-likeness (QED) is 0.138. The molecule has 49 heavy (non-hydrogen) atoms. The van der Waals surface area contributed by atoms with Gasteiger partial charge < -0.3 is 34.4 Å². The molecule has 0 amide bonds. The van der Waals surface area contributed by atoms with Crippen LogP contribution in [0.3, 0.4) is 0 Å². The molecule has 1 fully saturated rings. The lowest BCUT2D eigenvalue weighted by Crippen LogP contribution is -2.46. The Morgan fingerprint density at radius 1 is 1.06 bits per heavy atom. The molecule has 0 aliphatic carbocycles. The molecule has 10 nitrogen and oxygen atoms in total. The normalized spacial score (nSPS) is 16.2. The molecule has 3 N–H and O–H groups in total. The number of aryl methyl sites for hydroxylation is 1. The van der Waals surface area contributed by atoms with Crippen LogP contribution < -0.4 is 4.90 Å². The van der Waals surface area contributed by atoms with Gasteiger partial charge in [0.15, 0.2) is 6.10 Å². The Hall–Kier alpha value is -4.03. The number of anilines is 1. The van der Waals surface area contributed by atoms with Gasteiger partial charge in [0.2, 0.25) is 0 Å². The molecule has 2 aromatic heterocycles. The summed E-state index contributed by atoms with van der Waals surface area (Å²) in [5.41, 5.74) is 4.15. The third kappa shape index (κ3) is 8.24. The molecule has 0 unspecified atom stereocenters. The van der Waals surface area contributed by atoms with Crippen LogP contribution in [0.2, 0.25) is 0 Å². The van der Waals surface area contributed by atoms with Crippen LogP contribution in [0.4, 0.5) is 10.2 Å². The molecule has 0 spiro atoms. The maximum Gasteiger partial charge on any atom is 0.337 e. The number of halogens is 1. The van der Waals surface area contributed by atoms with Gasteiger partial charge in [0.25, 0.3) is 0 Å². The summed E-state index contributed by atoms with van der Waals surface area (Å²) < 4.78 is 34.1. The van der Waals surface area contributed by atoms with E-state index in [1.54, 1.807) is 13.0 Å². The average Bonchev–Trinajstić information content (AvgIpc) is 3.48. The second-order valence-corrected chi connectivity index (χ2v) is 14.2. The average molecular weight is 678 g/mol. The molecule has 0 bridgehead atoms. The molecule has 1 aliphatic heterocycles. The van der Waals surface area contributed by atoms with Crippen LogP contribution >= 0.6 is 0 Å². The number of aromatic hydroxyl groups is 1. The predicted octanol–water partition coefficient (Wildman–Crippen LogP) is 6.84. The van der Waals surface area contributed by atoms with Gasteiger partial charge in [-0.2, -0.15) is 0 Å². The van der Waals surface area contributed by atoms with E-state index in [1.165, 1.54) is 18.2 Å². The number of imidazole rings is 1. The smallest absolute Gasteiger partial charge is 0.337 e. The van der Waals surface area contributed by atoms with E-state index in [2.05, 4.69) is 11.8 Å². The molecule has 0 saturated carbocycles. The van der Waals surface area contributed by atoms with E-state index in [0.29, 0.717) is 73.0 Å². The van der Waals surface area contributed by atoms with Crippen LogP contribution in [0.5, 0.6) is 5.75 Å². The summed E-state index contributed by atoms with van der Waals surface area (Å²) in [6, 6.07) is 11.3. The Bertz CT molecular complexity index is 1810. The highest BCUT2D eigenvalue weighted by atomic mass is 19.1. The minimum Gasteiger partial charge on any atom is -0.507 e. The zero-order valence-corrected chi connectivity index (χ0v) is 29.4. The number of aliphatic carboxylic acids is 1. The van der Waals surface area contributed by atoms with Crippen molar-refractivity contribution < 1.29 is 38.7 Å². The lowest BCUT2D eigenvalue weighted by atomic mass is 9.92. The summed E-state index contributed by atoms with van der Waals surface area (Å²) >= 11 is 0. The van der Waals surface area contributed by atoms with E-state index in [4.69, 9.17) is 19.2 Å². The first-order valence-corrected chi connectivity index (χ1v) is 16.7. The van der Waals surface area contributed by atoms with Crippen molar-refractivity contribution in [2.75, 3.05) is 37.8 Å². The Morgan fingerprint density at radius 2 is 1.76 bits per heavy atom. The number of benzene rings is 2. The van der Waals surface area contributed by atoms with Gasteiger partial charge in [-0.3, -0.25) is 4.40 Å². The highest BCUT2D eigenvalue weighted by Gasteiger charge is 2.38. The number of aliphatic hydroxyl groups is 1. The highest BCUT2D eigenvalue weighted by molar-refractivity contribution is 5.81. The lowest BCUT2D eigenvalue weighted by molar-refractivity contribution is -0.160. The number of hydrogen-bond acceptors (Lipinski definition) is 8. The van der Waals surface area contributed by atoms with Crippen molar-refractivity contribution in [2.45, 2.75) is 84.7 Å². The van der Waals surface area contributed by atoms with Crippen LogP contribution in [-0.4, -0.2) is 80.9 Å². The van der Waals surface area contributed by atoms with Crippen molar-refractivity contribution in [3.8, 4) is 28.1 Å². The van der Waals surface area contributed by atoms with Gasteiger partial charge in [0, 0.05) is 36.0 Å². The van der Waals surface area contributed by atoms with E-state index in [-0.39, 0.29) is 12.4 Å². The number of pyridine rings is 1. The fourth-order valence-corrected chi connectivity index (χ4v) is 6.36. The molecule has 2 atom stereocenters. The monoisotopic (exact) mass is 677 g/mol. The maximum atomic E-state index is 14.1. The first-order chi connectivity index (χ1) is 23.1. The molecule has 5 rings (SSSR count). The van der Waals surface area contributed by atoms with Crippen LogP contribution in [0.1, 0.15) is 70.3 Å². The number of carboxylic acid groups (broad SMARTS) is 1. The van der Waals surface area contributed by atoms with Crippen molar-refractivity contribution >= 4 is 17.4 Å². The largest absolute Gasteiger partial charge is 0.507 e. The number of rotatable bonds is 12. The number of fused-ring (bicyclic) bond motifs is 1. The summed E-state index contributed by atoms with van der Waals surface area (Å²) in [6.45, 7) is 15.4. The summed E-state index contributed by atoms with van der Waals surface area (Å²) in [4.78, 5) is 20.2. The van der Waals surface area contributed by atoms with Gasteiger partial charge in [-0.25, -0.2) is 14.2 Å². The topological polar surface area (TPSA) is 126 Å². The fraction of sp³-hybridized carbons (Fsp3) is 0.474. The molecule has 3 heterocycles. The third-order valence-corrected chi connectivity index (χ3v) is 9.02. The van der Waals surface area contributed by atoms with Gasteiger partial charge in [-0.15, -0.1) is 0 Å². The molecule has 11 heteroatoms. The number of aromatic nitrogens is 2. The van der Waals surface area contributed by atoms with Crippen LogP contribution in [0, 0.1) is 19.7 Å². The number of ether oxygens (including phenoxy) is 3. The van der Waals surface area contributed by atoms with Gasteiger partial charge >= 0.3 is 5.97 Å². The number of carboxylic acids is 1. The van der Waals surface area contributed by atoms with E-state index >= 15 is 0 Å². The summed E-state index contributed by atoms with van der Waals surface area (Å²) in [5, 5.41) is 30.5. The number of carbonyl (C=O) groups is 1. The van der Waals surface area contributed by atoms with Gasteiger partial charge in [-0.05, 0) is 102 Å². The number of phenols is 1. The van der Waals surface area contributed by atoms with Crippen molar-refractivity contribution in [1.29, 1.82) is 0 Å². The van der Waals surface area contributed by atoms with Gasteiger partial charge in [-0.1, -0.05) is 18.2 Å². The molecule has 0 radical (unpaired) electrons. The Kier molecular flexibility index (Phi) is 10.7. The van der Waals surface area contributed by atoms with Crippen molar-refractivity contribution in [2.24, 2.45) is 0 Å². The molecular weight excluding hydrogens is 629 g/mol. The second-order valence-electron chi connectivity index (χ2n) is 14.2. The molecule has 264 valence electrons. The fourth-order valence-electron chi connectivity index (χ4n) is 6.36. The molecule has 4 aromatic rings. The van der Waals surface area contributed by atoms with Crippen LogP contribution in [-0.2, 0) is 19.0 Å². The summed E-state index contributed by atoms with van der Waals surface area (Å²) in [6.07, 6.45) is 1.52. The van der Waals surface area contributed by atoms with E-state index in [9.17, 15) is 24.5 Å². The van der Waals surface area contributed by atoms with Gasteiger partial charge in [0.05, 0.1) is 42.8 Å². The van der Waals surface area contributed by atoms with Crippen LogP contribution in [0.25, 0.3) is 28.0 Å². The minimum atomic E-state index is -1.24. The minimum absolute atomic E-state index is 0.0288. The van der Waals surface area contributed by atoms with E-state index < -0.39 is 35.2 Å². The third-order valence-electron chi connectivity index (χ3n) is 9.02. The first-order valence-electron chi connectivity index (χ1n) is 16.7. The van der Waals surface area contributed by atoms with Crippen molar-refractivity contribution in [1.82, 2.24) is 9.38 Å². The van der Waals surface area contributed by atoms with E-state index in [1.807, 2.05) is 63.4 Å². The molecular formula is C38H48FN3O7. The summed E-state index contributed by atoms with van der Waals surface area (Å²) in [7, 11) is 0.